The zero-order chi connectivity index (χ0) is 19.2. The van der Waals surface area contributed by atoms with Gasteiger partial charge in [-0.25, -0.2) is 0 Å². The van der Waals surface area contributed by atoms with Gasteiger partial charge >= 0.3 is 0 Å². The second-order valence-corrected chi connectivity index (χ2v) is 8.35. The van der Waals surface area contributed by atoms with Crippen molar-refractivity contribution in [2.24, 2.45) is 0 Å². The Bertz CT molecular complexity index is 1120. The standard InChI is InChI=1S/C20H14Br2O5/c21-12-1-3-16-14(7-12)18(23)11(9-26-16)5-6-20(25)10-27-17-4-2-13(22)8-15(17)19(20)24/h1-4,7-9,25H,5-6,10H2. The van der Waals surface area contributed by atoms with Crippen LogP contribution in [0.5, 0.6) is 5.75 Å². The summed E-state index contributed by atoms with van der Waals surface area (Å²) in [5.41, 5.74) is -0.642. The molecule has 4 rings (SSSR count). The van der Waals surface area contributed by atoms with E-state index in [1.165, 1.54) is 6.26 Å². The number of rotatable bonds is 3. The highest BCUT2D eigenvalue weighted by Gasteiger charge is 2.42. The van der Waals surface area contributed by atoms with Gasteiger partial charge in [-0.2, -0.15) is 0 Å². The molecule has 0 bridgehead atoms. The summed E-state index contributed by atoms with van der Waals surface area (Å²) >= 11 is 6.67. The summed E-state index contributed by atoms with van der Waals surface area (Å²) in [6.45, 7) is -0.148. The molecular weight excluding hydrogens is 480 g/mol. The molecule has 0 spiro atoms. The average molecular weight is 494 g/mol. The number of aliphatic hydroxyl groups is 1. The van der Waals surface area contributed by atoms with E-state index in [-0.39, 0.29) is 24.9 Å². The highest BCUT2D eigenvalue weighted by molar-refractivity contribution is 9.10. The number of halogens is 2. The minimum atomic E-state index is -1.69. The number of hydrogen-bond donors (Lipinski definition) is 1. The van der Waals surface area contributed by atoms with Crippen LogP contribution in [0, 0.1) is 0 Å². The predicted molar refractivity (Wildman–Crippen MR) is 107 cm³/mol. The second kappa shape index (κ2) is 6.89. The maximum atomic E-state index is 12.8. The number of benzene rings is 2. The van der Waals surface area contributed by atoms with Gasteiger partial charge in [0, 0.05) is 14.5 Å². The molecule has 7 heteroatoms. The molecule has 0 radical (unpaired) electrons. The van der Waals surface area contributed by atoms with Gasteiger partial charge in [0.1, 0.15) is 17.9 Å². The number of aryl methyl sites for hydroxylation is 1. The molecule has 0 aliphatic carbocycles. The Morgan fingerprint density at radius 2 is 1.81 bits per heavy atom. The van der Waals surface area contributed by atoms with Gasteiger partial charge in [-0.15, -0.1) is 0 Å². The topological polar surface area (TPSA) is 76.7 Å². The molecule has 5 nitrogen and oxygen atoms in total. The molecule has 1 N–H and O–H groups in total. The van der Waals surface area contributed by atoms with Crippen LogP contribution in [0.4, 0.5) is 0 Å². The first-order chi connectivity index (χ1) is 12.9. The van der Waals surface area contributed by atoms with Crippen LogP contribution in [-0.4, -0.2) is 23.1 Å². The van der Waals surface area contributed by atoms with Crippen molar-refractivity contribution in [2.45, 2.75) is 18.4 Å². The number of fused-ring (bicyclic) bond motifs is 2. The third-order valence-corrected chi connectivity index (χ3v) is 5.68. The third kappa shape index (κ3) is 3.35. The third-order valence-electron chi connectivity index (χ3n) is 4.69. The molecule has 1 aromatic heterocycles. The monoisotopic (exact) mass is 492 g/mol. The van der Waals surface area contributed by atoms with Gasteiger partial charge < -0.3 is 14.3 Å². The van der Waals surface area contributed by atoms with E-state index in [1.54, 1.807) is 36.4 Å². The van der Waals surface area contributed by atoms with E-state index in [0.717, 1.165) is 8.95 Å². The van der Waals surface area contributed by atoms with Crippen molar-refractivity contribution in [3.05, 3.63) is 73.0 Å². The molecule has 1 unspecified atom stereocenters. The van der Waals surface area contributed by atoms with Crippen molar-refractivity contribution in [3.8, 4) is 5.75 Å². The van der Waals surface area contributed by atoms with Crippen molar-refractivity contribution >= 4 is 48.6 Å². The van der Waals surface area contributed by atoms with Crippen LogP contribution in [0.15, 0.2) is 60.8 Å². The lowest BCUT2D eigenvalue weighted by Crippen LogP contribution is -2.48. The fraction of sp³-hybridized carbons (Fsp3) is 0.200. The Kier molecular flexibility index (Phi) is 4.70. The summed E-state index contributed by atoms with van der Waals surface area (Å²) in [4.78, 5) is 25.5. The highest BCUT2D eigenvalue weighted by Crippen LogP contribution is 2.33. The van der Waals surface area contributed by atoms with E-state index in [2.05, 4.69) is 31.9 Å². The van der Waals surface area contributed by atoms with Gasteiger partial charge in [0.05, 0.1) is 17.2 Å². The Morgan fingerprint density at radius 1 is 1.07 bits per heavy atom. The molecule has 1 aliphatic heterocycles. The first-order valence-electron chi connectivity index (χ1n) is 8.27. The predicted octanol–water partition coefficient (Wildman–Crippen LogP) is 4.26. The van der Waals surface area contributed by atoms with Crippen molar-refractivity contribution in [3.63, 3.8) is 0 Å². The summed E-state index contributed by atoms with van der Waals surface area (Å²) < 4.78 is 12.6. The van der Waals surface area contributed by atoms with Gasteiger partial charge in [-0.05, 0) is 49.2 Å². The molecule has 138 valence electrons. The summed E-state index contributed by atoms with van der Waals surface area (Å²) in [6, 6.07) is 10.3. The molecule has 2 aromatic carbocycles. The molecule has 0 fully saturated rings. The number of carbonyl (C=O) groups excluding carboxylic acids is 1. The van der Waals surface area contributed by atoms with Gasteiger partial charge in [0.2, 0.25) is 5.78 Å². The minimum Gasteiger partial charge on any atom is -0.489 e. The van der Waals surface area contributed by atoms with Gasteiger partial charge in [-0.3, -0.25) is 9.59 Å². The summed E-state index contributed by atoms with van der Waals surface area (Å²) in [5.74, 6) is 0.0425. The van der Waals surface area contributed by atoms with E-state index >= 15 is 0 Å². The highest BCUT2D eigenvalue weighted by atomic mass is 79.9. The lowest BCUT2D eigenvalue weighted by molar-refractivity contribution is -0.00680. The van der Waals surface area contributed by atoms with Crippen LogP contribution in [0.2, 0.25) is 0 Å². The number of Topliss-reactive ketones (excluding diaryl/α,β-unsaturated/α-hetero) is 1. The van der Waals surface area contributed by atoms with Crippen molar-refractivity contribution in [2.75, 3.05) is 6.61 Å². The molecular formula is C20H14Br2O5. The average Bonchev–Trinajstić information content (AvgIpc) is 2.65. The Morgan fingerprint density at radius 3 is 2.63 bits per heavy atom. The summed E-state index contributed by atoms with van der Waals surface area (Å²) in [7, 11) is 0. The lowest BCUT2D eigenvalue weighted by atomic mass is 9.86. The Labute approximate surface area is 171 Å². The van der Waals surface area contributed by atoms with E-state index in [0.29, 0.717) is 27.8 Å². The van der Waals surface area contributed by atoms with Crippen LogP contribution in [-0.2, 0) is 6.42 Å². The second-order valence-electron chi connectivity index (χ2n) is 6.52. The molecule has 1 aliphatic rings. The molecule has 0 amide bonds. The number of carbonyl (C=O) groups is 1. The summed E-state index contributed by atoms with van der Waals surface area (Å²) in [5, 5.41) is 11.3. The van der Waals surface area contributed by atoms with Crippen LogP contribution < -0.4 is 10.2 Å². The minimum absolute atomic E-state index is 0.0576. The van der Waals surface area contributed by atoms with Gasteiger partial charge in [0.25, 0.3) is 0 Å². The number of hydrogen-bond acceptors (Lipinski definition) is 5. The Balaban J connectivity index is 1.62. The molecule has 3 aromatic rings. The van der Waals surface area contributed by atoms with E-state index in [9.17, 15) is 14.7 Å². The van der Waals surface area contributed by atoms with E-state index in [4.69, 9.17) is 9.15 Å². The van der Waals surface area contributed by atoms with Crippen molar-refractivity contribution < 1.29 is 19.1 Å². The zero-order valence-corrected chi connectivity index (χ0v) is 17.2. The summed E-state index contributed by atoms with van der Waals surface area (Å²) in [6.07, 6.45) is 1.64. The SMILES string of the molecule is O=C1c2cc(Br)ccc2OCC1(O)CCc1coc2ccc(Br)cc2c1=O. The van der Waals surface area contributed by atoms with E-state index < -0.39 is 11.4 Å². The van der Waals surface area contributed by atoms with Crippen LogP contribution in [0.25, 0.3) is 11.0 Å². The zero-order valence-electron chi connectivity index (χ0n) is 14.0. The molecule has 27 heavy (non-hydrogen) atoms. The molecule has 1 atom stereocenters. The van der Waals surface area contributed by atoms with Crippen LogP contribution in [0.3, 0.4) is 0 Å². The molecule has 0 saturated heterocycles. The normalized spacial score (nSPS) is 19.0. The quantitative estimate of drug-likeness (QED) is 0.590. The number of ether oxygens (including phenoxy) is 1. The first-order valence-corrected chi connectivity index (χ1v) is 9.85. The number of ketones is 1. The van der Waals surface area contributed by atoms with E-state index in [1.807, 2.05) is 0 Å². The fourth-order valence-electron chi connectivity index (χ4n) is 3.16. The largest absolute Gasteiger partial charge is 0.489 e. The molecule has 0 saturated carbocycles. The maximum absolute atomic E-state index is 12.8. The fourth-order valence-corrected chi connectivity index (χ4v) is 3.88. The van der Waals surface area contributed by atoms with Gasteiger partial charge in [0.15, 0.2) is 11.0 Å². The lowest BCUT2D eigenvalue weighted by Gasteiger charge is -2.32. The first kappa shape index (κ1) is 18.4. The van der Waals surface area contributed by atoms with Gasteiger partial charge in [-0.1, -0.05) is 31.9 Å². The Hall–Kier alpha value is -1.96. The van der Waals surface area contributed by atoms with Crippen molar-refractivity contribution in [1.29, 1.82) is 0 Å². The molecule has 2 heterocycles. The van der Waals surface area contributed by atoms with Crippen molar-refractivity contribution in [1.82, 2.24) is 0 Å². The van der Waals surface area contributed by atoms with Crippen LogP contribution >= 0.6 is 31.9 Å². The van der Waals surface area contributed by atoms with Crippen LogP contribution in [0.1, 0.15) is 22.3 Å². The smallest absolute Gasteiger partial charge is 0.201 e. The maximum Gasteiger partial charge on any atom is 0.201 e.